The topological polar surface area (TPSA) is 9.23 Å². The average Bonchev–Trinajstić information content (AvgIpc) is 1.95. The van der Waals surface area contributed by atoms with E-state index in [4.69, 9.17) is 4.43 Å². The van der Waals surface area contributed by atoms with Gasteiger partial charge < -0.3 is 4.43 Å². The molecule has 1 aliphatic rings. The van der Waals surface area contributed by atoms with Crippen molar-refractivity contribution in [3.05, 3.63) is 0 Å². The fraction of sp³-hybridized carbons (Fsp3) is 1.00. The molecule has 0 heterocycles. The van der Waals surface area contributed by atoms with Crippen molar-refractivity contribution in [1.29, 1.82) is 0 Å². The van der Waals surface area contributed by atoms with E-state index in [2.05, 4.69) is 47.3 Å². The molecule has 1 aliphatic carbocycles. The van der Waals surface area contributed by atoms with E-state index >= 15 is 0 Å². The molecule has 2 heteroatoms. The maximum Gasteiger partial charge on any atom is 0.184 e. The lowest BCUT2D eigenvalue weighted by atomic mass is 9.63. The van der Waals surface area contributed by atoms with E-state index in [1.807, 2.05) is 0 Å². The highest BCUT2D eigenvalue weighted by Gasteiger charge is 2.46. The summed E-state index contributed by atoms with van der Waals surface area (Å²) in [5.74, 6) is 0. The summed E-state index contributed by atoms with van der Waals surface area (Å²) in [7, 11) is -1.42. The Morgan fingerprint density at radius 3 is 1.67 bits per heavy atom. The molecular formula is C13H28OSi. The standard InChI is InChI=1S/C13H28OSi/c1-12(2)9-8-10-13(3,4)11(12)14-15(5,6)7/h11H,8-10H2,1-7H3. The molecule has 0 radical (unpaired) electrons. The second-order valence-electron chi connectivity index (χ2n) is 7.44. The zero-order valence-electron chi connectivity index (χ0n) is 11.6. The summed E-state index contributed by atoms with van der Waals surface area (Å²) in [4.78, 5) is 0. The second-order valence-corrected chi connectivity index (χ2v) is 11.9. The Labute approximate surface area is 96.7 Å². The number of rotatable bonds is 2. The number of hydrogen-bond donors (Lipinski definition) is 0. The maximum atomic E-state index is 6.45. The monoisotopic (exact) mass is 228 g/mol. The van der Waals surface area contributed by atoms with Crippen LogP contribution in [0.25, 0.3) is 0 Å². The molecule has 0 N–H and O–H groups in total. The van der Waals surface area contributed by atoms with Gasteiger partial charge in [-0.25, -0.2) is 0 Å². The van der Waals surface area contributed by atoms with E-state index in [-0.39, 0.29) is 0 Å². The molecule has 1 saturated carbocycles. The van der Waals surface area contributed by atoms with Crippen LogP contribution >= 0.6 is 0 Å². The van der Waals surface area contributed by atoms with Gasteiger partial charge in [0.2, 0.25) is 0 Å². The lowest BCUT2D eigenvalue weighted by Gasteiger charge is -2.51. The quantitative estimate of drug-likeness (QED) is 0.635. The van der Waals surface area contributed by atoms with Crippen LogP contribution in [-0.4, -0.2) is 14.4 Å². The Kier molecular flexibility index (Phi) is 3.43. The third-order valence-corrected chi connectivity index (χ3v) is 4.48. The van der Waals surface area contributed by atoms with Crippen LogP contribution in [0.3, 0.4) is 0 Å². The third kappa shape index (κ3) is 3.32. The van der Waals surface area contributed by atoms with Crippen LogP contribution in [0.5, 0.6) is 0 Å². The highest BCUT2D eigenvalue weighted by molar-refractivity contribution is 6.69. The predicted octanol–water partition coefficient (Wildman–Crippen LogP) is 4.44. The Morgan fingerprint density at radius 2 is 1.33 bits per heavy atom. The molecule has 1 nitrogen and oxygen atoms in total. The summed E-state index contributed by atoms with van der Waals surface area (Å²) in [5, 5.41) is 0. The van der Waals surface area contributed by atoms with Crippen molar-refractivity contribution in [3.8, 4) is 0 Å². The molecule has 0 aromatic heterocycles. The van der Waals surface area contributed by atoms with Gasteiger partial charge in [-0.05, 0) is 43.3 Å². The minimum Gasteiger partial charge on any atom is -0.414 e. The second kappa shape index (κ2) is 3.88. The Morgan fingerprint density at radius 1 is 0.933 bits per heavy atom. The van der Waals surface area contributed by atoms with Gasteiger partial charge in [0.15, 0.2) is 8.32 Å². The van der Waals surface area contributed by atoms with E-state index in [0.29, 0.717) is 16.9 Å². The fourth-order valence-corrected chi connectivity index (χ4v) is 4.34. The lowest BCUT2D eigenvalue weighted by Crippen LogP contribution is -2.51. The van der Waals surface area contributed by atoms with Crippen LogP contribution in [0.2, 0.25) is 19.6 Å². The van der Waals surface area contributed by atoms with Crippen LogP contribution in [-0.2, 0) is 4.43 Å². The van der Waals surface area contributed by atoms with Crippen LogP contribution < -0.4 is 0 Å². The summed E-state index contributed by atoms with van der Waals surface area (Å²) in [5.41, 5.74) is 0.698. The highest BCUT2D eigenvalue weighted by atomic mass is 28.4. The van der Waals surface area contributed by atoms with Crippen LogP contribution in [0, 0.1) is 10.8 Å². The van der Waals surface area contributed by atoms with E-state index in [9.17, 15) is 0 Å². The molecule has 0 aliphatic heterocycles. The summed E-state index contributed by atoms with van der Waals surface area (Å²) in [6, 6.07) is 0. The SMILES string of the molecule is CC1(C)CCCC(C)(C)C1O[Si](C)(C)C. The first-order chi connectivity index (χ1) is 6.55. The van der Waals surface area contributed by atoms with Gasteiger partial charge in [0.1, 0.15) is 0 Å². The van der Waals surface area contributed by atoms with E-state index in [0.717, 1.165) is 0 Å². The summed E-state index contributed by atoms with van der Waals surface area (Å²) >= 11 is 0. The van der Waals surface area contributed by atoms with Crippen molar-refractivity contribution in [1.82, 2.24) is 0 Å². The first-order valence-electron chi connectivity index (χ1n) is 6.22. The summed E-state index contributed by atoms with van der Waals surface area (Å²) in [6.07, 6.45) is 4.41. The van der Waals surface area contributed by atoms with Crippen molar-refractivity contribution in [3.63, 3.8) is 0 Å². The molecule has 1 fully saturated rings. The molecule has 0 aromatic carbocycles. The first kappa shape index (κ1) is 13.2. The molecule has 0 spiro atoms. The molecular weight excluding hydrogens is 200 g/mol. The van der Waals surface area contributed by atoms with E-state index in [1.54, 1.807) is 0 Å². The van der Waals surface area contributed by atoms with Crippen LogP contribution in [0.4, 0.5) is 0 Å². The molecule has 0 atom stereocenters. The van der Waals surface area contributed by atoms with Gasteiger partial charge in [-0.2, -0.15) is 0 Å². The maximum absolute atomic E-state index is 6.45. The molecule has 90 valence electrons. The van der Waals surface area contributed by atoms with Gasteiger partial charge >= 0.3 is 0 Å². The molecule has 0 unspecified atom stereocenters. The molecule has 0 amide bonds. The predicted molar refractivity (Wildman–Crippen MR) is 69.6 cm³/mol. The molecule has 15 heavy (non-hydrogen) atoms. The van der Waals surface area contributed by atoms with Crippen molar-refractivity contribution < 1.29 is 4.43 Å². The van der Waals surface area contributed by atoms with Crippen LogP contribution in [0.1, 0.15) is 47.0 Å². The fourth-order valence-electron chi connectivity index (χ4n) is 2.99. The largest absolute Gasteiger partial charge is 0.414 e. The Bertz CT molecular complexity index is 209. The average molecular weight is 228 g/mol. The summed E-state index contributed by atoms with van der Waals surface area (Å²) in [6.45, 7) is 16.4. The van der Waals surface area contributed by atoms with Gasteiger partial charge in [0, 0.05) is 0 Å². The van der Waals surface area contributed by atoms with Gasteiger partial charge in [-0.3, -0.25) is 0 Å². The van der Waals surface area contributed by atoms with Crippen molar-refractivity contribution in [2.75, 3.05) is 0 Å². The molecule has 1 rings (SSSR count). The Hall–Kier alpha value is 0.177. The van der Waals surface area contributed by atoms with Gasteiger partial charge in [-0.1, -0.05) is 34.1 Å². The smallest absolute Gasteiger partial charge is 0.184 e. The molecule has 0 aromatic rings. The minimum atomic E-state index is -1.42. The van der Waals surface area contributed by atoms with Crippen LogP contribution in [0.15, 0.2) is 0 Å². The van der Waals surface area contributed by atoms with E-state index < -0.39 is 8.32 Å². The van der Waals surface area contributed by atoms with Gasteiger partial charge in [0.25, 0.3) is 0 Å². The summed E-state index contributed by atoms with van der Waals surface area (Å²) < 4.78 is 6.45. The third-order valence-electron chi connectivity index (χ3n) is 3.53. The normalized spacial score (nSPS) is 26.6. The number of hydrogen-bond acceptors (Lipinski definition) is 1. The molecule has 0 saturated heterocycles. The first-order valence-corrected chi connectivity index (χ1v) is 9.63. The lowest BCUT2D eigenvalue weighted by molar-refractivity contribution is -0.0623. The van der Waals surface area contributed by atoms with Gasteiger partial charge in [-0.15, -0.1) is 0 Å². The van der Waals surface area contributed by atoms with Crippen molar-refractivity contribution >= 4 is 8.32 Å². The van der Waals surface area contributed by atoms with Crippen molar-refractivity contribution in [2.24, 2.45) is 10.8 Å². The highest BCUT2D eigenvalue weighted by Crippen LogP contribution is 2.48. The zero-order chi connectivity index (χ0) is 11.9. The van der Waals surface area contributed by atoms with Gasteiger partial charge in [0.05, 0.1) is 6.10 Å². The molecule has 0 bridgehead atoms. The minimum absolute atomic E-state index is 0.349. The zero-order valence-corrected chi connectivity index (χ0v) is 12.6. The van der Waals surface area contributed by atoms with Crippen molar-refractivity contribution in [2.45, 2.75) is 72.7 Å². The Balaban J connectivity index is 2.87. The van der Waals surface area contributed by atoms with E-state index in [1.165, 1.54) is 19.3 Å².